The summed E-state index contributed by atoms with van der Waals surface area (Å²) in [4.78, 5) is 0. The van der Waals surface area contributed by atoms with Crippen molar-refractivity contribution in [2.24, 2.45) is 0 Å². The fourth-order valence-electron chi connectivity index (χ4n) is 2.15. The Morgan fingerprint density at radius 2 is 2.14 bits per heavy atom. The minimum absolute atomic E-state index is 0.0556. The van der Waals surface area contributed by atoms with Crippen LogP contribution in [0.5, 0.6) is 0 Å². The van der Waals surface area contributed by atoms with Gasteiger partial charge in [0.05, 0.1) is 18.3 Å². The van der Waals surface area contributed by atoms with Gasteiger partial charge in [-0.15, -0.1) is 0 Å². The van der Waals surface area contributed by atoms with Crippen LogP contribution in [-0.4, -0.2) is 17.8 Å². The van der Waals surface area contributed by atoms with E-state index in [1.165, 1.54) is 11.1 Å². The summed E-state index contributed by atoms with van der Waals surface area (Å²) in [5, 5.41) is 9.12. The maximum atomic E-state index is 9.12. The highest BCUT2D eigenvalue weighted by molar-refractivity contribution is 5.34. The Morgan fingerprint density at radius 1 is 1.43 bits per heavy atom. The van der Waals surface area contributed by atoms with Crippen LogP contribution in [0.1, 0.15) is 25.0 Å². The molecule has 1 aromatic rings. The van der Waals surface area contributed by atoms with Crippen molar-refractivity contribution >= 4 is 0 Å². The zero-order valence-corrected chi connectivity index (χ0v) is 8.66. The lowest BCUT2D eigenvalue weighted by atomic mass is 9.87. The van der Waals surface area contributed by atoms with Gasteiger partial charge in [0.25, 0.3) is 0 Å². The van der Waals surface area contributed by atoms with Gasteiger partial charge in [-0.2, -0.15) is 0 Å². The van der Waals surface area contributed by atoms with E-state index in [-0.39, 0.29) is 18.3 Å². The Kier molecular flexibility index (Phi) is 2.33. The van der Waals surface area contributed by atoms with Crippen LogP contribution in [0.25, 0.3) is 0 Å². The molecular weight excluding hydrogens is 176 g/mol. The first kappa shape index (κ1) is 9.69. The van der Waals surface area contributed by atoms with Crippen molar-refractivity contribution in [1.82, 2.24) is 0 Å². The molecule has 2 heteroatoms. The zero-order valence-electron chi connectivity index (χ0n) is 8.66. The van der Waals surface area contributed by atoms with E-state index in [4.69, 9.17) is 9.84 Å². The van der Waals surface area contributed by atoms with E-state index in [1.807, 2.05) is 26.0 Å². The number of aliphatic hydroxyl groups is 1. The van der Waals surface area contributed by atoms with Gasteiger partial charge in [0.1, 0.15) is 0 Å². The largest absolute Gasteiger partial charge is 0.394 e. The van der Waals surface area contributed by atoms with Gasteiger partial charge in [0, 0.05) is 6.42 Å². The van der Waals surface area contributed by atoms with Crippen LogP contribution in [-0.2, 0) is 16.8 Å². The van der Waals surface area contributed by atoms with Crippen molar-refractivity contribution in [3.8, 4) is 0 Å². The lowest BCUT2D eigenvalue weighted by molar-refractivity contribution is -0.105. The first-order chi connectivity index (χ1) is 6.63. The van der Waals surface area contributed by atoms with Crippen LogP contribution in [0.2, 0.25) is 0 Å². The molecule has 0 amide bonds. The van der Waals surface area contributed by atoms with Crippen LogP contribution in [0.4, 0.5) is 0 Å². The van der Waals surface area contributed by atoms with Crippen molar-refractivity contribution in [3.05, 3.63) is 35.4 Å². The molecule has 0 radical (unpaired) electrons. The number of ether oxygens (including phenoxy) is 1. The molecule has 2 rings (SSSR count). The Morgan fingerprint density at radius 3 is 2.86 bits per heavy atom. The van der Waals surface area contributed by atoms with Gasteiger partial charge >= 0.3 is 0 Å². The summed E-state index contributed by atoms with van der Waals surface area (Å²) in [5.74, 6) is 0. The molecule has 1 atom stereocenters. The second-order valence-electron chi connectivity index (χ2n) is 4.29. The maximum Gasteiger partial charge on any atom is 0.0883 e. The maximum absolute atomic E-state index is 9.12. The zero-order chi connectivity index (χ0) is 10.2. The van der Waals surface area contributed by atoms with Crippen molar-refractivity contribution in [3.63, 3.8) is 0 Å². The van der Waals surface area contributed by atoms with Crippen LogP contribution < -0.4 is 0 Å². The molecule has 1 aliphatic heterocycles. The fraction of sp³-hybridized carbons (Fsp3) is 0.500. The molecule has 0 unspecified atom stereocenters. The first-order valence-corrected chi connectivity index (χ1v) is 5.00. The topological polar surface area (TPSA) is 29.5 Å². The first-order valence-electron chi connectivity index (χ1n) is 5.00. The second kappa shape index (κ2) is 3.37. The second-order valence-corrected chi connectivity index (χ2v) is 4.29. The van der Waals surface area contributed by atoms with E-state index in [0.29, 0.717) is 0 Å². The third kappa shape index (κ3) is 1.56. The van der Waals surface area contributed by atoms with Gasteiger partial charge in [-0.25, -0.2) is 0 Å². The predicted molar refractivity (Wildman–Crippen MR) is 55.1 cm³/mol. The standard InChI is InChI=1S/C12H16O2/c1-12(2)11-6-4-3-5-9(11)7-10(8-13)14-12/h3-6,10,13H,7-8H2,1-2H3/t10-/m0/s1. The third-order valence-corrected chi connectivity index (χ3v) is 2.78. The van der Waals surface area contributed by atoms with Crippen LogP contribution in [0.15, 0.2) is 24.3 Å². The minimum Gasteiger partial charge on any atom is -0.394 e. The van der Waals surface area contributed by atoms with E-state index in [1.54, 1.807) is 0 Å². The fourth-order valence-corrected chi connectivity index (χ4v) is 2.15. The summed E-state index contributed by atoms with van der Waals surface area (Å²) >= 11 is 0. The van der Waals surface area contributed by atoms with Gasteiger partial charge in [-0.1, -0.05) is 24.3 Å². The van der Waals surface area contributed by atoms with E-state index in [9.17, 15) is 0 Å². The van der Waals surface area contributed by atoms with E-state index in [2.05, 4.69) is 12.1 Å². The Balaban J connectivity index is 2.41. The number of benzene rings is 1. The van der Waals surface area contributed by atoms with Gasteiger partial charge in [-0.3, -0.25) is 0 Å². The van der Waals surface area contributed by atoms with Crippen molar-refractivity contribution in [1.29, 1.82) is 0 Å². The van der Waals surface area contributed by atoms with Crippen molar-refractivity contribution < 1.29 is 9.84 Å². The highest BCUT2D eigenvalue weighted by Crippen LogP contribution is 2.34. The number of rotatable bonds is 1. The predicted octanol–water partition coefficient (Wildman–Crippen LogP) is 1.86. The van der Waals surface area contributed by atoms with Crippen molar-refractivity contribution in [2.45, 2.75) is 32.0 Å². The van der Waals surface area contributed by atoms with Gasteiger partial charge in [0.15, 0.2) is 0 Å². The number of hydrogen-bond acceptors (Lipinski definition) is 2. The van der Waals surface area contributed by atoms with Crippen molar-refractivity contribution in [2.75, 3.05) is 6.61 Å². The minimum atomic E-state index is -0.276. The monoisotopic (exact) mass is 192 g/mol. The highest BCUT2D eigenvalue weighted by Gasteiger charge is 2.32. The number of aliphatic hydroxyl groups excluding tert-OH is 1. The summed E-state index contributed by atoms with van der Waals surface area (Å²) in [6, 6.07) is 8.28. The van der Waals surface area contributed by atoms with Gasteiger partial charge < -0.3 is 9.84 Å². The molecule has 0 aromatic heterocycles. The molecule has 0 spiro atoms. The number of hydrogen-bond donors (Lipinski definition) is 1. The molecule has 0 saturated carbocycles. The normalized spacial score (nSPS) is 24.4. The average Bonchev–Trinajstić information content (AvgIpc) is 2.17. The smallest absolute Gasteiger partial charge is 0.0883 e. The van der Waals surface area contributed by atoms with Crippen LogP contribution >= 0.6 is 0 Å². The Hall–Kier alpha value is -0.860. The summed E-state index contributed by atoms with van der Waals surface area (Å²) in [5.41, 5.74) is 2.26. The summed E-state index contributed by atoms with van der Waals surface area (Å²) < 4.78 is 5.80. The molecule has 1 N–H and O–H groups in total. The molecule has 2 nitrogen and oxygen atoms in total. The molecule has 1 aliphatic rings. The third-order valence-electron chi connectivity index (χ3n) is 2.78. The molecule has 0 aliphatic carbocycles. The number of fused-ring (bicyclic) bond motifs is 1. The molecular formula is C12H16O2. The molecule has 14 heavy (non-hydrogen) atoms. The van der Waals surface area contributed by atoms with Gasteiger partial charge in [0.2, 0.25) is 0 Å². The summed E-state index contributed by atoms with van der Waals surface area (Å²) in [6.45, 7) is 4.19. The van der Waals surface area contributed by atoms with E-state index >= 15 is 0 Å². The lowest BCUT2D eigenvalue weighted by Gasteiger charge is -2.37. The molecule has 0 saturated heterocycles. The molecule has 76 valence electrons. The summed E-state index contributed by atoms with van der Waals surface area (Å²) in [6.07, 6.45) is 0.760. The quantitative estimate of drug-likeness (QED) is 0.736. The lowest BCUT2D eigenvalue weighted by Crippen LogP contribution is -2.37. The Bertz CT molecular complexity index is 331. The Labute approximate surface area is 84.5 Å². The van der Waals surface area contributed by atoms with Crippen LogP contribution in [0, 0.1) is 0 Å². The van der Waals surface area contributed by atoms with Crippen LogP contribution in [0.3, 0.4) is 0 Å². The van der Waals surface area contributed by atoms with E-state index < -0.39 is 0 Å². The molecule has 0 bridgehead atoms. The summed E-state index contributed by atoms with van der Waals surface area (Å²) in [7, 11) is 0. The highest BCUT2D eigenvalue weighted by atomic mass is 16.5. The molecule has 0 fully saturated rings. The molecule has 1 heterocycles. The SMILES string of the molecule is CC1(C)O[C@H](CO)Cc2ccccc21. The van der Waals surface area contributed by atoms with E-state index in [0.717, 1.165) is 6.42 Å². The average molecular weight is 192 g/mol. The van der Waals surface area contributed by atoms with Gasteiger partial charge in [-0.05, 0) is 25.0 Å². The molecule has 1 aromatic carbocycles.